The Hall–Kier alpha value is -2.06. The second kappa shape index (κ2) is 8.36. The maximum atomic E-state index is 12.9. The van der Waals surface area contributed by atoms with Gasteiger partial charge in [0.15, 0.2) is 0 Å². The molecule has 9 heteroatoms. The Morgan fingerprint density at radius 2 is 2.07 bits per heavy atom. The first-order valence-electron chi connectivity index (χ1n) is 9.11. The van der Waals surface area contributed by atoms with Crippen LogP contribution in [0.4, 0.5) is 0 Å². The average Bonchev–Trinajstić information content (AvgIpc) is 3.34. The summed E-state index contributed by atoms with van der Waals surface area (Å²) in [5, 5.41) is 6.50. The number of fused-ring (bicyclic) bond motifs is 2. The standard InChI is InChI=1S/C20H19Cl2N3O3S/c1-28-7-6-15(26)25-17-11-5-3-2-4-10(11)8-12(17)24-20(27)13-9-14-18(23-13)16(21)19(22)29-14/h2-5,9,12,17,23H,6-8H2,1H3,(H,24,27)(H,25,26)/t12-,17+/m1/s1. The van der Waals surface area contributed by atoms with Gasteiger partial charge in [-0.25, -0.2) is 0 Å². The number of hydrogen-bond acceptors (Lipinski definition) is 4. The molecule has 3 aromatic rings. The third-order valence-corrected chi connectivity index (χ3v) is 6.95. The Bertz CT molecular complexity index is 1080. The van der Waals surface area contributed by atoms with Crippen molar-refractivity contribution in [1.82, 2.24) is 15.6 Å². The van der Waals surface area contributed by atoms with Crippen molar-refractivity contribution in [3.05, 3.63) is 56.5 Å². The Morgan fingerprint density at radius 3 is 2.83 bits per heavy atom. The molecule has 2 atom stereocenters. The minimum atomic E-state index is -0.298. The van der Waals surface area contributed by atoms with Gasteiger partial charge in [-0.15, -0.1) is 11.3 Å². The average molecular weight is 452 g/mol. The van der Waals surface area contributed by atoms with Crippen LogP contribution >= 0.6 is 34.5 Å². The Labute approximate surface area is 181 Å². The molecular weight excluding hydrogens is 433 g/mol. The monoisotopic (exact) mass is 451 g/mol. The Balaban J connectivity index is 1.53. The van der Waals surface area contributed by atoms with Crippen LogP contribution in [0, 0.1) is 0 Å². The first-order chi connectivity index (χ1) is 14.0. The van der Waals surface area contributed by atoms with Crippen LogP contribution in [0.25, 0.3) is 10.2 Å². The summed E-state index contributed by atoms with van der Waals surface area (Å²) in [7, 11) is 1.56. The van der Waals surface area contributed by atoms with Gasteiger partial charge < -0.3 is 20.4 Å². The second-order valence-electron chi connectivity index (χ2n) is 6.88. The zero-order chi connectivity index (χ0) is 20.5. The van der Waals surface area contributed by atoms with E-state index in [1.165, 1.54) is 11.3 Å². The lowest BCUT2D eigenvalue weighted by Crippen LogP contribution is -2.44. The van der Waals surface area contributed by atoms with Crippen LogP contribution in [-0.2, 0) is 16.0 Å². The number of hydrogen-bond donors (Lipinski definition) is 3. The third kappa shape index (κ3) is 4.00. The number of carbonyl (C=O) groups is 2. The molecule has 0 radical (unpaired) electrons. The number of halogens is 2. The predicted octanol–water partition coefficient (Wildman–Crippen LogP) is 4.08. The summed E-state index contributed by atoms with van der Waals surface area (Å²) in [4.78, 5) is 28.2. The van der Waals surface area contributed by atoms with Crippen LogP contribution in [0.5, 0.6) is 0 Å². The van der Waals surface area contributed by atoms with E-state index in [2.05, 4.69) is 15.6 Å². The van der Waals surface area contributed by atoms with Crippen LogP contribution in [0.1, 0.15) is 34.1 Å². The van der Waals surface area contributed by atoms with Crippen molar-refractivity contribution in [2.45, 2.75) is 24.9 Å². The molecule has 4 rings (SSSR count). The van der Waals surface area contributed by atoms with Crippen molar-refractivity contribution in [3.63, 3.8) is 0 Å². The summed E-state index contributed by atoms with van der Waals surface area (Å²) in [6.45, 7) is 0.347. The number of amides is 2. The molecule has 2 aromatic heterocycles. The SMILES string of the molecule is COCCC(=O)N[C@H]1c2ccccc2C[C@H]1NC(=O)c1cc2sc(Cl)c(Cl)c2[nH]1. The molecule has 152 valence electrons. The van der Waals surface area contributed by atoms with Crippen LogP contribution in [0.15, 0.2) is 30.3 Å². The van der Waals surface area contributed by atoms with Gasteiger partial charge in [-0.3, -0.25) is 9.59 Å². The number of nitrogens with one attached hydrogen (secondary N) is 3. The zero-order valence-electron chi connectivity index (χ0n) is 15.6. The van der Waals surface area contributed by atoms with E-state index in [1.807, 2.05) is 24.3 Å². The molecule has 0 saturated heterocycles. The summed E-state index contributed by atoms with van der Waals surface area (Å²) < 4.78 is 6.30. The molecule has 0 spiro atoms. The number of rotatable bonds is 6. The number of ether oxygens (including phenoxy) is 1. The maximum absolute atomic E-state index is 12.9. The molecule has 0 bridgehead atoms. The lowest BCUT2D eigenvalue weighted by Gasteiger charge is -2.23. The summed E-state index contributed by atoms with van der Waals surface area (Å²) in [6, 6.07) is 9.07. The first kappa shape index (κ1) is 20.2. The van der Waals surface area contributed by atoms with Crippen molar-refractivity contribution < 1.29 is 14.3 Å². The molecular formula is C20H19Cl2N3O3S. The molecule has 1 aliphatic rings. The summed E-state index contributed by atoms with van der Waals surface area (Å²) in [5.74, 6) is -0.371. The fourth-order valence-corrected chi connectivity index (χ4v) is 5.12. The van der Waals surface area contributed by atoms with Gasteiger partial charge in [0, 0.05) is 13.5 Å². The van der Waals surface area contributed by atoms with Crippen molar-refractivity contribution in [2.24, 2.45) is 0 Å². The highest BCUT2D eigenvalue weighted by atomic mass is 35.5. The number of benzene rings is 1. The third-order valence-electron chi connectivity index (χ3n) is 5.02. The van der Waals surface area contributed by atoms with Crippen molar-refractivity contribution in [3.8, 4) is 0 Å². The Kier molecular flexibility index (Phi) is 5.83. The van der Waals surface area contributed by atoms with Gasteiger partial charge in [-0.2, -0.15) is 0 Å². The molecule has 0 aliphatic heterocycles. The minimum Gasteiger partial charge on any atom is -0.384 e. The normalized spacial score (nSPS) is 18.0. The van der Waals surface area contributed by atoms with Gasteiger partial charge in [0.05, 0.1) is 33.9 Å². The lowest BCUT2D eigenvalue weighted by atomic mass is 10.1. The number of H-pyrrole nitrogens is 1. The number of methoxy groups -OCH3 is 1. The lowest BCUT2D eigenvalue weighted by molar-refractivity contribution is -0.122. The van der Waals surface area contributed by atoms with Gasteiger partial charge in [0.2, 0.25) is 5.91 Å². The van der Waals surface area contributed by atoms with Gasteiger partial charge in [-0.05, 0) is 23.6 Å². The second-order valence-corrected chi connectivity index (χ2v) is 8.92. The maximum Gasteiger partial charge on any atom is 0.268 e. The van der Waals surface area contributed by atoms with Gasteiger partial charge in [0.25, 0.3) is 5.91 Å². The van der Waals surface area contributed by atoms with Crippen molar-refractivity contribution >= 4 is 56.6 Å². The van der Waals surface area contributed by atoms with Crippen LogP contribution in [0.3, 0.4) is 0 Å². The zero-order valence-corrected chi connectivity index (χ0v) is 17.9. The molecule has 6 nitrogen and oxygen atoms in total. The molecule has 3 N–H and O–H groups in total. The number of aromatic amines is 1. The van der Waals surface area contributed by atoms with E-state index >= 15 is 0 Å². The highest BCUT2D eigenvalue weighted by molar-refractivity contribution is 7.23. The van der Waals surface area contributed by atoms with E-state index < -0.39 is 0 Å². The van der Waals surface area contributed by atoms with Crippen molar-refractivity contribution in [2.75, 3.05) is 13.7 Å². The smallest absolute Gasteiger partial charge is 0.268 e. The quantitative estimate of drug-likeness (QED) is 0.527. The summed E-state index contributed by atoms with van der Waals surface area (Å²) >= 11 is 13.5. The first-order valence-corrected chi connectivity index (χ1v) is 10.7. The van der Waals surface area contributed by atoms with Crippen LogP contribution in [0.2, 0.25) is 9.36 Å². The predicted molar refractivity (Wildman–Crippen MR) is 115 cm³/mol. The molecule has 1 aliphatic carbocycles. The number of carbonyl (C=O) groups excluding carboxylic acids is 2. The fourth-order valence-electron chi connectivity index (χ4n) is 3.64. The Morgan fingerprint density at radius 1 is 1.28 bits per heavy atom. The molecule has 0 saturated carbocycles. The summed E-state index contributed by atoms with van der Waals surface area (Å²) in [5.41, 5.74) is 3.19. The molecule has 1 aromatic carbocycles. The van der Waals surface area contributed by atoms with Gasteiger partial charge in [0.1, 0.15) is 10.0 Å². The molecule has 2 amide bonds. The number of aromatic nitrogens is 1. The minimum absolute atomic E-state index is 0.116. The number of thiophene rings is 1. The van der Waals surface area contributed by atoms with E-state index in [0.717, 1.165) is 15.8 Å². The topological polar surface area (TPSA) is 83.2 Å². The molecule has 0 unspecified atom stereocenters. The molecule has 0 fully saturated rings. The highest BCUT2D eigenvalue weighted by Gasteiger charge is 2.34. The van der Waals surface area contributed by atoms with E-state index in [1.54, 1.807) is 13.2 Å². The molecule has 2 heterocycles. The van der Waals surface area contributed by atoms with Crippen LogP contribution < -0.4 is 10.6 Å². The summed E-state index contributed by atoms with van der Waals surface area (Å²) in [6.07, 6.45) is 0.904. The van der Waals surface area contributed by atoms with E-state index in [0.29, 0.717) is 33.6 Å². The fraction of sp³-hybridized carbons (Fsp3) is 0.300. The van der Waals surface area contributed by atoms with E-state index in [4.69, 9.17) is 27.9 Å². The molecule has 29 heavy (non-hydrogen) atoms. The van der Waals surface area contributed by atoms with E-state index in [-0.39, 0.29) is 30.3 Å². The largest absolute Gasteiger partial charge is 0.384 e. The van der Waals surface area contributed by atoms with E-state index in [9.17, 15) is 9.59 Å². The van der Waals surface area contributed by atoms with Gasteiger partial charge in [-0.1, -0.05) is 47.5 Å². The van der Waals surface area contributed by atoms with Gasteiger partial charge >= 0.3 is 0 Å². The van der Waals surface area contributed by atoms with Crippen molar-refractivity contribution in [1.29, 1.82) is 0 Å². The highest BCUT2D eigenvalue weighted by Crippen LogP contribution is 2.39. The van der Waals surface area contributed by atoms with Crippen LogP contribution in [-0.4, -0.2) is 36.6 Å².